The van der Waals surface area contributed by atoms with Gasteiger partial charge in [0.2, 0.25) is 5.28 Å². The average Bonchev–Trinajstić information content (AvgIpc) is 2.37. The standard InChI is InChI=1S/C10H11ClF3N3O2/c11-9-15-7(10(12,13)14)3-8(16-9)17-1-2-19-6(4-17)5-18/h3,6,18H,1-2,4-5H2. The Morgan fingerprint density at radius 2 is 2.21 bits per heavy atom. The molecule has 2 rings (SSSR count). The third kappa shape index (κ3) is 3.46. The second-order valence-electron chi connectivity index (χ2n) is 4.00. The third-order valence-corrected chi connectivity index (χ3v) is 2.81. The number of alkyl halides is 3. The molecule has 1 N–H and O–H groups in total. The van der Waals surface area contributed by atoms with E-state index < -0.39 is 23.3 Å². The Balaban J connectivity index is 2.26. The van der Waals surface area contributed by atoms with Crippen LogP contribution in [0, 0.1) is 0 Å². The minimum absolute atomic E-state index is 0.0778. The van der Waals surface area contributed by atoms with Crippen LogP contribution in [-0.2, 0) is 10.9 Å². The lowest BCUT2D eigenvalue weighted by Gasteiger charge is -2.33. The van der Waals surface area contributed by atoms with Crippen LogP contribution in [0.4, 0.5) is 19.0 Å². The zero-order chi connectivity index (χ0) is 14.0. The highest BCUT2D eigenvalue weighted by Gasteiger charge is 2.34. The number of morpholine rings is 1. The van der Waals surface area contributed by atoms with Crippen LogP contribution in [0.1, 0.15) is 5.69 Å². The number of nitrogens with zero attached hydrogens (tertiary/aromatic N) is 3. The van der Waals surface area contributed by atoms with E-state index in [4.69, 9.17) is 21.4 Å². The van der Waals surface area contributed by atoms with Crippen LogP contribution < -0.4 is 4.90 Å². The summed E-state index contributed by atoms with van der Waals surface area (Å²) in [7, 11) is 0. The molecule has 1 fully saturated rings. The van der Waals surface area contributed by atoms with Gasteiger partial charge < -0.3 is 14.7 Å². The van der Waals surface area contributed by atoms with Gasteiger partial charge in [0.05, 0.1) is 19.3 Å². The topological polar surface area (TPSA) is 58.5 Å². The number of aromatic nitrogens is 2. The van der Waals surface area contributed by atoms with Crippen molar-refractivity contribution >= 4 is 17.4 Å². The van der Waals surface area contributed by atoms with Crippen LogP contribution in [0.2, 0.25) is 5.28 Å². The molecule has 1 aromatic heterocycles. The van der Waals surface area contributed by atoms with Crippen LogP contribution in [0.3, 0.4) is 0 Å². The molecule has 19 heavy (non-hydrogen) atoms. The Morgan fingerprint density at radius 3 is 2.84 bits per heavy atom. The van der Waals surface area contributed by atoms with Gasteiger partial charge >= 0.3 is 6.18 Å². The molecule has 106 valence electrons. The molecule has 2 heterocycles. The van der Waals surface area contributed by atoms with Gasteiger partial charge in [-0.1, -0.05) is 0 Å². The molecule has 1 aromatic rings. The maximum Gasteiger partial charge on any atom is 0.433 e. The van der Waals surface area contributed by atoms with Gasteiger partial charge in [0, 0.05) is 19.2 Å². The largest absolute Gasteiger partial charge is 0.433 e. The highest BCUT2D eigenvalue weighted by atomic mass is 35.5. The quantitative estimate of drug-likeness (QED) is 0.835. The molecule has 1 aliphatic rings. The minimum Gasteiger partial charge on any atom is -0.394 e. The van der Waals surface area contributed by atoms with Crippen LogP contribution >= 0.6 is 11.6 Å². The minimum atomic E-state index is -4.58. The molecule has 0 aliphatic carbocycles. The Kier molecular flexibility index (Phi) is 4.12. The Hall–Kier alpha value is -1.12. The number of halogens is 4. The van der Waals surface area contributed by atoms with Crippen molar-refractivity contribution in [3.63, 3.8) is 0 Å². The maximum absolute atomic E-state index is 12.6. The summed E-state index contributed by atoms with van der Waals surface area (Å²) in [5, 5.41) is 8.54. The van der Waals surface area contributed by atoms with E-state index in [-0.39, 0.29) is 19.0 Å². The number of aliphatic hydroxyl groups excluding tert-OH is 1. The van der Waals surface area contributed by atoms with Gasteiger partial charge in [-0.25, -0.2) is 9.97 Å². The summed E-state index contributed by atoms with van der Waals surface area (Å²) in [6.45, 7) is 0.720. The number of anilines is 1. The molecule has 0 spiro atoms. The van der Waals surface area contributed by atoms with Gasteiger partial charge in [0.15, 0.2) is 5.69 Å². The lowest BCUT2D eigenvalue weighted by molar-refractivity contribution is -0.141. The average molecular weight is 298 g/mol. The van der Waals surface area contributed by atoms with Crippen molar-refractivity contribution in [3.05, 3.63) is 17.0 Å². The summed E-state index contributed by atoms with van der Waals surface area (Å²) >= 11 is 5.52. The highest BCUT2D eigenvalue weighted by Crippen LogP contribution is 2.30. The van der Waals surface area contributed by atoms with Crippen molar-refractivity contribution in [1.82, 2.24) is 9.97 Å². The molecular formula is C10H11ClF3N3O2. The summed E-state index contributed by atoms with van der Waals surface area (Å²) in [5.74, 6) is 0.0778. The van der Waals surface area contributed by atoms with E-state index in [0.29, 0.717) is 13.2 Å². The lowest BCUT2D eigenvalue weighted by Crippen LogP contribution is -2.44. The Bertz CT molecular complexity index is 458. The summed E-state index contributed by atoms with van der Waals surface area (Å²) in [5.41, 5.74) is -1.09. The summed E-state index contributed by atoms with van der Waals surface area (Å²) in [4.78, 5) is 8.52. The zero-order valence-corrected chi connectivity index (χ0v) is 10.4. The molecule has 0 saturated carbocycles. The molecule has 1 atom stereocenters. The van der Waals surface area contributed by atoms with E-state index in [9.17, 15) is 13.2 Å². The summed E-state index contributed by atoms with van der Waals surface area (Å²) < 4.78 is 43.1. The Morgan fingerprint density at radius 1 is 1.47 bits per heavy atom. The molecule has 0 radical (unpaired) electrons. The molecule has 1 saturated heterocycles. The maximum atomic E-state index is 12.6. The van der Waals surface area contributed by atoms with Gasteiger partial charge in [-0.3, -0.25) is 0 Å². The summed E-state index contributed by atoms with van der Waals surface area (Å²) in [6, 6.07) is 0.839. The van der Waals surface area contributed by atoms with Crippen molar-refractivity contribution < 1.29 is 23.0 Å². The van der Waals surface area contributed by atoms with Crippen LogP contribution in [-0.4, -0.2) is 47.5 Å². The first-order valence-electron chi connectivity index (χ1n) is 5.49. The number of aliphatic hydroxyl groups is 1. The van der Waals surface area contributed by atoms with Gasteiger partial charge in [-0.05, 0) is 11.6 Å². The number of rotatable bonds is 2. The monoisotopic (exact) mass is 297 g/mol. The van der Waals surface area contributed by atoms with Gasteiger partial charge in [0.1, 0.15) is 5.82 Å². The van der Waals surface area contributed by atoms with E-state index in [1.54, 1.807) is 4.90 Å². The van der Waals surface area contributed by atoms with Gasteiger partial charge in [-0.2, -0.15) is 13.2 Å². The zero-order valence-electron chi connectivity index (χ0n) is 9.69. The normalized spacial score (nSPS) is 20.7. The number of hydrogen-bond acceptors (Lipinski definition) is 5. The fraction of sp³-hybridized carbons (Fsp3) is 0.600. The van der Waals surface area contributed by atoms with Gasteiger partial charge in [0.25, 0.3) is 0 Å². The summed E-state index contributed by atoms with van der Waals surface area (Å²) in [6.07, 6.45) is -5.03. The highest BCUT2D eigenvalue weighted by molar-refractivity contribution is 6.28. The van der Waals surface area contributed by atoms with E-state index in [2.05, 4.69) is 9.97 Å². The van der Waals surface area contributed by atoms with Crippen molar-refractivity contribution in [2.75, 3.05) is 31.2 Å². The van der Waals surface area contributed by atoms with E-state index in [1.165, 1.54) is 0 Å². The SMILES string of the molecule is OCC1CN(c2cc(C(F)(F)F)nc(Cl)n2)CCO1. The molecule has 1 unspecified atom stereocenters. The number of hydrogen-bond donors (Lipinski definition) is 1. The van der Waals surface area contributed by atoms with Crippen molar-refractivity contribution in [1.29, 1.82) is 0 Å². The first-order chi connectivity index (χ1) is 8.90. The molecule has 9 heteroatoms. The predicted molar refractivity (Wildman–Crippen MR) is 61.1 cm³/mol. The number of ether oxygens (including phenoxy) is 1. The molecule has 1 aliphatic heterocycles. The lowest BCUT2D eigenvalue weighted by atomic mass is 10.2. The molecule has 0 bridgehead atoms. The molecule has 0 amide bonds. The fourth-order valence-corrected chi connectivity index (χ4v) is 1.93. The van der Waals surface area contributed by atoms with Crippen molar-refractivity contribution in [3.8, 4) is 0 Å². The fourth-order valence-electron chi connectivity index (χ4n) is 1.75. The smallest absolute Gasteiger partial charge is 0.394 e. The molecule has 0 aromatic carbocycles. The molecule has 5 nitrogen and oxygen atoms in total. The van der Waals surface area contributed by atoms with Crippen molar-refractivity contribution in [2.45, 2.75) is 12.3 Å². The predicted octanol–water partition coefficient (Wildman–Crippen LogP) is 1.35. The molecular weight excluding hydrogens is 287 g/mol. The van der Waals surface area contributed by atoms with Crippen molar-refractivity contribution in [2.24, 2.45) is 0 Å². The van der Waals surface area contributed by atoms with Crippen LogP contribution in [0.15, 0.2) is 6.07 Å². The third-order valence-electron chi connectivity index (χ3n) is 2.64. The first-order valence-corrected chi connectivity index (χ1v) is 5.87. The van der Waals surface area contributed by atoms with E-state index in [1.807, 2.05) is 0 Å². The second kappa shape index (κ2) is 5.48. The first kappa shape index (κ1) is 14.3. The van der Waals surface area contributed by atoms with E-state index in [0.717, 1.165) is 6.07 Å². The van der Waals surface area contributed by atoms with Gasteiger partial charge in [-0.15, -0.1) is 0 Å². The van der Waals surface area contributed by atoms with E-state index >= 15 is 0 Å². The Labute approximate surface area is 112 Å². The second-order valence-corrected chi connectivity index (χ2v) is 4.34. The van der Waals surface area contributed by atoms with Crippen LogP contribution in [0.5, 0.6) is 0 Å². The van der Waals surface area contributed by atoms with Crippen LogP contribution in [0.25, 0.3) is 0 Å².